The second-order valence-electron chi connectivity index (χ2n) is 7.66. The Balaban J connectivity index is 2.12. The lowest BCUT2D eigenvalue weighted by Crippen LogP contribution is -2.52. The molecule has 1 aliphatic rings. The predicted molar refractivity (Wildman–Crippen MR) is 99.8 cm³/mol. The van der Waals surface area contributed by atoms with Crippen molar-refractivity contribution >= 4 is 18.0 Å². The second kappa shape index (κ2) is 8.41. The van der Waals surface area contributed by atoms with Crippen molar-refractivity contribution in [3.63, 3.8) is 0 Å². The van der Waals surface area contributed by atoms with E-state index in [9.17, 15) is 14.4 Å². The first kappa shape index (κ1) is 20.7. The fourth-order valence-corrected chi connectivity index (χ4v) is 2.68. The van der Waals surface area contributed by atoms with Crippen LogP contribution in [0.1, 0.15) is 46.1 Å². The molecule has 1 N–H and O–H groups in total. The molecule has 0 atom stereocenters. The zero-order valence-electron chi connectivity index (χ0n) is 16.4. The zero-order chi connectivity index (χ0) is 20.1. The maximum absolute atomic E-state index is 13.1. The van der Waals surface area contributed by atoms with E-state index >= 15 is 0 Å². The molecule has 0 spiro atoms. The van der Waals surface area contributed by atoms with Gasteiger partial charge in [-0.2, -0.15) is 0 Å². The lowest BCUT2D eigenvalue weighted by molar-refractivity contribution is -0.150. The third kappa shape index (κ3) is 6.27. The minimum Gasteiger partial charge on any atom is -0.465 e. The Labute approximate surface area is 160 Å². The Morgan fingerprint density at radius 1 is 1.15 bits per heavy atom. The number of carbonyl (C=O) groups excluding carboxylic acids is 3. The number of amides is 2. The summed E-state index contributed by atoms with van der Waals surface area (Å²) in [6.45, 7) is 7.33. The number of nitrogens with zero attached hydrogens (tertiary/aromatic N) is 1. The number of nitrogens with one attached hydrogen (secondary N) is 1. The molecule has 0 radical (unpaired) electrons. The number of carbonyl (C=O) groups is 3. The van der Waals surface area contributed by atoms with Gasteiger partial charge in [-0.25, -0.2) is 4.79 Å². The lowest BCUT2D eigenvalue weighted by atomic mass is 10.1. The van der Waals surface area contributed by atoms with Crippen LogP contribution in [0.5, 0.6) is 0 Å². The molecular formula is C20H28N2O5. The molecule has 7 nitrogen and oxygen atoms in total. The zero-order valence-corrected chi connectivity index (χ0v) is 16.4. The largest absolute Gasteiger partial charge is 0.465 e. The van der Waals surface area contributed by atoms with Gasteiger partial charge in [0.15, 0.2) is 0 Å². The van der Waals surface area contributed by atoms with E-state index < -0.39 is 23.2 Å². The van der Waals surface area contributed by atoms with E-state index in [2.05, 4.69) is 5.32 Å². The summed E-state index contributed by atoms with van der Waals surface area (Å²) in [5, 5.41) is 2.69. The lowest BCUT2D eigenvalue weighted by Gasteiger charge is -2.28. The van der Waals surface area contributed by atoms with E-state index in [1.54, 1.807) is 27.7 Å². The van der Waals surface area contributed by atoms with Gasteiger partial charge in [-0.1, -0.05) is 30.3 Å². The van der Waals surface area contributed by atoms with E-state index in [0.717, 1.165) is 5.56 Å². The molecule has 7 heteroatoms. The van der Waals surface area contributed by atoms with E-state index in [4.69, 9.17) is 9.47 Å². The molecular weight excluding hydrogens is 348 g/mol. The highest BCUT2D eigenvalue weighted by Gasteiger charge is 2.54. The summed E-state index contributed by atoms with van der Waals surface area (Å²) in [7, 11) is 0. The van der Waals surface area contributed by atoms with E-state index in [1.807, 2.05) is 30.3 Å². The van der Waals surface area contributed by atoms with Crippen LogP contribution in [0.25, 0.3) is 0 Å². The highest BCUT2D eigenvalue weighted by molar-refractivity contribution is 5.94. The van der Waals surface area contributed by atoms with Crippen molar-refractivity contribution < 1.29 is 23.9 Å². The van der Waals surface area contributed by atoms with Gasteiger partial charge >= 0.3 is 12.1 Å². The molecule has 148 valence electrons. The van der Waals surface area contributed by atoms with Gasteiger partial charge in [0.2, 0.25) is 5.91 Å². The van der Waals surface area contributed by atoms with Crippen LogP contribution in [0.4, 0.5) is 4.79 Å². The average Bonchev–Trinajstić information content (AvgIpc) is 3.33. The van der Waals surface area contributed by atoms with Crippen molar-refractivity contribution in [2.75, 3.05) is 13.2 Å². The maximum atomic E-state index is 13.1. The molecule has 0 aromatic heterocycles. The van der Waals surface area contributed by atoms with Crippen LogP contribution < -0.4 is 5.32 Å². The van der Waals surface area contributed by atoms with Gasteiger partial charge in [-0.3, -0.25) is 9.59 Å². The summed E-state index contributed by atoms with van der Waals surface area (Å²) in [5.41, 5.74) is -0.773. The van der Waals surface area contributed by atoms with Crippen LogP contribution in [-0.2, 0) is 25.6 Å². The molecule has 0 bridgehead atoms. The number of esters is 1. The van der Waals surface area contributed by atoms with Crippen LogP contribution in [0.2, 0.25) is 0 Å². The number of ether oxygens (including phenoxy) is 2. The number of hydrogen-bond donors (Lipinski definition) is 1. The molecule has 0 saturated heterocycles. The molecule has 0 aliphatic heterocycles. The summed E-state index contributed by atoms with van der Waals surface area (Å²) in [5.74, 6) is -0.778. The maximum Gasteiger partial charge on any atom is 0.408 e. The van der Waals surface area contributed by atoms with Gasteiger partial charge in [-0.15, -0.1) is 0 Å². The molecule has 0 heterocycles. The molecule has 1 aromatic carbocycles. The third-order valence-corrected chi connectivity index (χ3v) is 4.03. The van der Waals surface area contributed by atoms with Crippen LogP contribution in [0, 0.1) is 0 Å². The summed E-state index contributed by atoms with van der Waals surface area (Å²) in [6.07, 6.45) is 0.391. The standard InChI is InChI=1S/C20H28N2O5/c1-5-26-16(23)14-22(13-15-9-7-6-8-10-15)17(24)20(11-12-20)21-18(25)27-19(2,3)4/h6-10H,5,11-14H2,1-4H3,(H,21,25). The van der Waals surface area contributed by atoms with Gasteiger partial charge in [0.25, 0.3) is 0 Å². The monoisotopic (exact) mass is 376 g/mol. The molecule has 1 fully saturated rings. The van der Waals surface area contributed by atoms with Crippen molar-refractivity contribution in [3.8, 4) is 0 Å². The van der Waals surface area contributed by atoms with E-state index in [1.165, 1.54) is 4.90 Å². The normalized spacial score (nSPS) is 14.8. The molecule has 1 saturated carbocycles. The van der Waals surface area contributed by atoms with Crippen molar-refractivity contribution in [1.82, 2.24) is 10.2 Å². The van der Waals surface area contributed by atoms with Crippen molar-refractivity contribution in [2.45, 2.75) is 58.2 Å². The number of rotatable bonds is 7. The van der Waals surface area contributed by atoms with Crippen LogP contribution in [0.3, 0.4) is 0 Å². The van der Waals surface area contributed by atoms with Crippen LogP contribution in [-0.4, -0.2) is 47.2 Å². The highest BCUT2D eigenvalue weighted by atomic mass is 16.6. The summed E-state index contributed by atoms with van der Waals surface area (Å²) in [6, 6.07) is 9.38. The van der Waals surface area contributed by atoms with Gasteiger partial charge < -0.3 is 19.7 Å². The average molecular weight is 376 g/mol. The Bertz CT molecular complexity index is 677. The van der Waals surface area contributed by atoms with Gasteiger partial charge in [0, 0.05) is 6.54 Å². The van der Waals surface area contributed by atoms with Gasteiger partial charge in [0.05, 0.1) is 6.61 Å². The van der Waals surface area contributed by atoms with Gasteiger partial charge in [-0.05, 0) is 46.1 Å². The molecule has 2 rings (SSSR count). The SMILES string of the molecule is CCOC(=O)CN(Cc1ccccc1)C(=O)C1(NC(=O)OC(C)(C)C)CC1. The summed E-state index contributed by atoms with van der Waals surface area (Å²) < 4.78 is 10.3. The minimum atomic E-state index is -1.01. The first-order chi connectivity index (χ1) is 12.6. The molecule has 27 heavy (non-hydrogen) atoms. The number of alkyl carbamates (subject to hydrolysis) is 1. The van der Waals surface area contributed by atoms with E-state index in [-0.39, 0.29) is 25.6 Å². The minimum absolute atomic E-state index is 0.167. The van der Waals surface area contributed by atoms with Crippen LogP contribution >= 0.6 is 0 Å². The van der Waals surface area contributed by atoms with Crippen molar-refractivity contribution in [2.24, 2.45) is 0 Å². The van der Waals surface area contributed by atoms with E-state index in [0.29, 0.717) is 12.8 Å². The highest BCUT2D eigenvalue weighted by Crippen LogP contribution is 2.38. The smallest absolute Gasteiger partial charge is 0.408 e. The second-order valence-corrected chi connectivity index (χ2v) is 7.66. The molecule has 1 aromatic rings. The Kier molecular flexibility index (Phi) is 6.46. The molecule has 2 amide bonds. The Hall–Kier alpha value is -2.57. The van der Waals surface area contributed by atoms with Gasteiger partial charge in [0.1, 0.15) is 17.7 Å². The first-order valence-corrected chi connectivity index (χ1v) is 9.15. The summed E-state index contributed by atoms with van der Waals surface area (Å²) >= 11 is 0. The fourth-order valence-electron chi connectivity index (χ4n) is 2.68. The van der Waals surface area contributed by atoms with Crippen molar-refractivity contribution in [1.29, 1.82) is 0 Å². The first-order valence-electron chi connectivity index (χ1n) is 9.15. The fraction of sp³-hybridized carbons (Fsp3) is 0.550. The number of benzene rings is 1. The summed E-state index contributed by atoms with van der Waals surface area (Å²) in [4.78, 5) is 38.7. The third-order valence-electron chi connectivity index (χ3n) is 4.03. The van der Waals surface area contributed by atoms with Crippen LogP contribution in [0.15, 0.2) is 30.3 Å². The molecule has 1 aliphatic carbocycles. The Morgan fingerprint density at radius 3 is 2.30 bits per heavy atom. The predicted octanol–water partition coefficient (Wildman–Crippen LogP) is 2.64. The number of hydrogen-bond acceptors (Lipinski definition) is 5. The topological polar surface area (TPSA) is 84.9 Å². The molecule has 0 unspecified atom stereocenters. The quantitative estimate of drug-likeness (QED) is 0.740. The van der Waals surface area contributed by atoms with Crippen molar-refractivity contribution in [3.05, 3.63) is 35.9 Å². The Morgan fingerprint density at radius 2 is 1.78 bits per heavy atom.